The van der Waals surface area contributed by atoms with Crippen molar-refractivity contribution in [2.24, 2.45) is 5.92 Å². The van der Waals surface area contributed by atoms with Gasteiger partial charge in [0.05, 0.1) is 4.90 Å². The molecule has 0 unspecified atom stereocenters. The quantitative estimate of drug-likeness (QED) is 0.788. The lowest BCUT2D eigenvalue weighted by molar-refractivity contribution is 0.444. The molecule has 1 aromatic carbocycles. The number of sulfonamides is 1. The van der Waals surface area contributed by atoms with Gasteiger partial charge in [-0.15, -0.1) is 0 Å². The fourth-order valence-corrected chi connectivity index (χ4v) is 2.99. The van der Waals surface area contributed by atoms with Gasteiger partial charge in [-0.1, -0.05) is 51.3 Å². The van der Waals surface area contributed by atoms with Gasteiger partial charge in [-0.3, -0.25) is 0 Å². The first-order valence-corrected chi connectivity index (χ1v) is 8.13. The smallest absolute Gasteiger partial charge is 0.211 e. The lowest BCUT2D eigenvalue weighted by atomic mass is 10.00. The predicted octanol–water partition coefficient (Wildman–Crippen LogP) is 3.18. The first-order valence-electron chi connectivity index (χ1n) is 6.64. The van der Waals surface area contributed by atoms with Crippen LogP contribution in [0.15, 0.2) is 35.2 Å². The predicted molar refractivity (Wildman–Crippen MR) is 74.9 cm³/mol. The number of unbranched alkanes of at least 4 members (excludes halogenated alkanes) is 1. The van der Waals surface area contributed by atoms with Crippen LogP contribution in [-0.2, 0) is 10.0 Å². The first kappa shape index (κ1) is 15.2. The van der Waals surface area contributed by atoms with Crippen LogP contribution in [0.4, 0.5) is 0 Å². The molecule has 102 valence electrons. The van der Waals surface area contributed by atoms with Gasteiger partial charge in [-0.2, -0.15) is 0 Å². The first-order chi connectivity index (χ1) is 8.60. The Labute approximate surface area is 111 Å². The van der Waals surface area contributed by atoms with Crippen molar-refractivity contribution in [1.82, 2.24) is 4.72 Å². The number of hydrogen-bond acceptors (Lipinski definition) is 2. The molecular weight excluding hydrogens is 246 g/mol. The Morgan fingerprint density at radius 1 is 1.17 bits per heavy atom. The fourth-order valence-electron chi connectivity index (χ4n) is 1.85. The Bertz CT molecular complexity index is 428. The summed E-state index contributed by atoms with van der Waals surface area (Å²) in [5, 5.41) is 0. The van der Waals surface area contributed by atoms with Gasteiger partial charge in [-0.25, -0.2) is 13.1 Å². The molecule has 0 aliphatic heterocycles. The molecule has 0 amide bonds. The minimum absolute atomic E-state index is 0.343. The second-order valence-corrected chi connectivity index (χ2v) is 6.35. The number of benzene rings is 1. The molecule has 0 bridgehead atoms. The number of hydrogen-bond donors (Lipinski definition) is 1. The second kappa shape index (κ2) is 7.54. The molecule has 3 nitrogen and oxygen atoms in total. The van der Waals surface area contributed by atoms with Gasteiger partial charge in [0.25, 0.3) is 0 Å². The molecule has 1 N–H and O–H groups in total. The summed E-state index contributed by atoms with van der Waals surface area (Å²) < 4.78 is 26.7. The van der Waals surface area contributed by atoms with E-state index in [0.717, 1.165) is 25.7 Å². The number of nitrogens with one attached hydrogen (secondary N) is 1. The third kappa shape index (κ3) is 4.78. The zero-order chi connectivity index (χ0) is 13.4. The van der Waals surface area contributed by atoms with Gasteiger partial charge < -0.3 is 0 Å². The minimum atomic E-state index is -3.34. The summed E-state index contributed by atoms with van der Waals surface area (Å²) in [5.74, 6) is 0.434. The van der Waals surface area contributed by atoms with Gasteiger partial charge in [0, 0.05) is 6.54 Å². The highest BCUT2D eigenvalue weighted by Crippen LogP contribution is 2.13. The van der Waals surface area contributed by atoms with Gasteiger partial charge in [-0.05, 0) is 24.5 Å². The molecule has 0 fully saturated rings. The Hall–Kier alpha value is -0.870. The van der Waals surface area contributed by atoms with Crippen LogP contribution in [0.25, 0.3) is 0 Å². The van der Waals surface area contributed by atoms with Crippen LogP contribution in [0.3, 0.4) is 0 Å². The Kier molecular flexibility index (Phi) is 6.36. The summed E-state index contributed by atoms with van der Waals surface area (Å²) in [6.45, 7) is 4.80. The zero-order valence-electron chi connectivity index (χ0n) is 11.2. The van der Waals surface area contributed by atoms with E-state index in [9.17, 15) is 8.42 Å². The van der Waals surface area contributed by atoms with Crippen LogP contribution in [0.2, 0.25) is 0 Å². The lowest BCUT2D eigenvalue weighted by Crippen LogP contribution is -2.29. The molecule has 1 aromatic rings. The van der Waals surface area contributed by atoms with Crippen LogP contribution in [0.1, 0.15) is 39.5 Å². The molecule has 0 heterocycles. The molecule has 1 rings (SSSR count). The van der Waals surface area contributed by atoms with E-state index in [4.69, 9.17) is 0 Å². The maximum Gasteiger partial charge on any atom is 0.240 e. The van der Waals surface area contributed by atoms with Crippen molar-refractivity contribution in [3.63, 3.8) is 0 Å². The van der Waals surface area contributed by atoms with Crippen LogP contribution < -0.4 is 4.72 Å². The largest absolute Gasteiger partial charge is 0.240 e. The summed E-state index contributed by atoms with van der Waals surface area (Å²) in [5.41, 5.74) is 0. The summed E-state index contributed by atoms with van der Waals surface area (Å²) in [4.78, 5) is 0.343. The maximum absolute atomic E-state index is 12.0. The van der Waals surface area contributed by atoms with Crippen molar-refractivity contribution in [2.75, 3.05) is 6.54 Å². The number of rotatable bonds is 8. The SMILES string of the molecule is CCCC[C@@H](CC)CNS(=O)(=O)c1ccccc1. The average molecular weight is 269 g/mol. The molecular formula is C14H23NO2S. The Balaban J connectivity index is 2.56. The van der Waals surface area contributed by atoms with Gasteiger partial charge in [0.2, 0.25) is 10.0 Å². The summed E-state index contributed by atoms with van der Waals surface area (Å²) in [6, 6.07) is 8.53. The second-order valence-electron chi connectivity index (χ2n) is 4.58. The molecule has 0 saturated heterocycles. The van der Waals surface area contributed by atoms with Crippen molar-refractivity contribution in [1.29, 1.82) is 0 Å². The Morgan fingerprint density at radius 3 is 2.39 bits per heavy atom. The Morgan fingerprint density at radius 2 is 1.83 bits per heavy atom. The van der Waals surface area contributed by atoms with E-state index in [1.54, 1.807) is 24.3 Å². The summed E-state index contributed by atoms with van der Waals surface area (Å²) >= 11 is 0. The van der Waals surface area contributed by atoms with Crippen molar-refractivity contribution in [3.8, 4) is 0 Å². The normalized spacial score (nSPS) is 13.4. The molecule has 0 radical (unpaired) electrons. The molecule has 0 aromatic heterocycles. The van der Waals surface area contributed by atoms with Gasteiger partial charge in [0.1, 0.15) is 0 Å². The van der Waals surface area contributed by atoms with Gasteiger partial charge >= 0.3 is 0 Å². The third-order valence-electron chi connectivity index (χ3n) is 3.16. The van der Waals surface area contributed by atoms with Crippen LogP contribution in [-0.4, -0.2) is 15.0 Å². The van der Waals surface area contributed by atoms with E-state index in [-0.39, 0.29) is 0 Å². The monoisotopic (exact) mass is 269 g/mol. The van der Waals surface area contributed by atoms with Crippen molar-refractivity contribution in [3.05, 3.63) is 30.3 Å². The lowest BCUT2D eigenvalue weighted by Gasteiger charge is -2.15. The van der Waals surface area contributed by atoms with Crippen molar-refractivity contribution < 1.29 is 8.42 Å². The molecule has 4 heteroatoms. The zero-order valence-corrected chi connectivity index (χ0v) is 12.0. The van der Waals surface area contributed by atoms with E-state index < -0.39 is 10.0 Å². The molecule has 0 saturated carbocycles. The molecule has 18 heavy (non-hydrogen) atoms. The van der Waals surface area contributed by atoms with E-state index in [1.165, 1.54) is 0 Å². The van der Waals surface area contributed by atoms with E-state index >= 15 is 0 Å². The van der Waals surface area contributed by atoms with Gasteiger partial charge in [0.15, 0.2) is 0 Å². The average Bonchev–Trinajstić information content (AvgIpc) is 2.40. The van der Waals surface area contributed by atoms with E-state index in [0.29, 0.717) is 17.4 Å². The van der Waals surface area contributed by atoms with Crippen LogP contribution >= 0.6 is 0 Å². The van der Waals surface area contributed by atoms with E-state index in [1.807, 2.05) is 6.07 Å². The fraction of sp³-hybridized carbons (Fsp3) is 0.571. The highest BCUT2D eigenvalue weighted by atomic mass is 32.2. The van der Waals surface area contributed by atoms with Crippen LogP contribution in [0, 0.1) is 5.92 Å². The molecule has 0 aliphatic rings. The molecule has 1 atom stereocenters. The van der Waals surface area contributed by atoms with Crippen LogP contribution in [0.5, 0.6) is 0 Å². The van der Waals surface area contributed by atoms with E-state index in [2.05, 4.69) is 18.6 Å². The highest BCUT2D eigenvalue weighted by Gasteiger charge is 2.15. The molecule has 0 aliphatic carbocycles. The van der Waals surface area contributed by atoms with Crippen molar-refractivity contribution in [2.45, 2.75) is 44.4 Å². The summed E-state index contributed by atoms with van der Waals surface area (Å²) in [6.07, 6.45) is 4.41. The van der Waals surface area contributed by atoms with Crippen molar-refractivity contribution >= 4 is 10.0 Å². The highest BCUT2D eigenvalue weighted by molar-refractivity contribution is 7.89. The summed E-state index contributed by atoms with van der Waals surface area (Å²) in [7, 11) is -3.34. The molecule has 0 spiro atoms. The third-order valence-corrected chi connectivity index (χ3v) is 4.60. The maximum atomic E-state index is 12.0. The topological polar surface area (TPSA) is 46.2 Å². The minimum Gasteiger partial charge on any atom is -0.211 e. The standard InChI is InChI=1S/C14H23NO2S/c1-3-5-9-13(4-2)12-15-18(16,17)14-10-7-6-8-11-14/h6-8,10-11,13,15H,3-5,9,12H2,1-2H3/t13-/m1/s1.